The van der Waals surface area contributed by atoms with Crippen molar-refractivity contribution in [1.82, 2.24) is 0 Å². The highest BCUT2D eigenvalue weighted by molar-refractivity contribution is 6.91. The van der Waals surface area contributed by atoms with Crippen LogP contribution in [0.25, 0.3) is 0 Å². The van der Waals surface area contributed by atoms with Crippen molar-refractivity contribution >= 4 is 19.2 Å². The summed E-state index contributed by atoms with van der Waals surface area (Å²) >= 11 is 0. The summed E-state index contributed by atoms with van der Waals surface area (Å²) in [6.07, 6.45) is 0. The summed E-state index contributed by atoms with van der Waals surface area (Å²) in [6.45, 7) is 8.69. The van der Waals surface area contributed by atoms with E-state index in [0.717, 1.165) is 5.76 Å². The first-order valence-corrected chi connectivity index (χ1v) is 12.4. The van der Waals surface area contributed by atoms with Crippen LogP contribution in [0.2, 0.25) is 13.1 Å². The van der Waals surface area contributed by atoms with Crippen LogP contribution in [0, 0.1) is 6.92 Å². The second-order valence-corrected chi connectivity index (χ2v) is 11.9. The third kappa shape index (κ3) is 3.91. The van der Waals surface area contributed by atoms with Crippen LogP contribution in [-0.4, -0.2) is 20.7 Å². The molecule has 1 unspecified atom stereocenters. The number of rotatable bonds is 6. The van der Waals surface area contributed by atoms with Crippen molar-refractivity contribution < 1.29 is 13.9 Å². The Hall–Kier alpha value is -2.59. The molecule has 1 atom stereocenters. The number of aryl methyl sites for hydroxylation is 1. The molecule has 0 fully saturated rings. The van der Waals surface area contributed by atoms with Gasteiger partial charge in [0.05, 0.1) is 14.7 Å². The molecule has 2 aromatic carbocycles. The largest absolute Gasteiger partial charge is 0.465 e. The summed E-state index contributed by atoms with van der Waals surface area (Å²) in [6, 6.07) is 22.9. The molecule has 0 saturated heterocycles. The average Bonchev–Trinajstić information content (AvgIpc) is 3.04. The van der Waals surface area contributed by atoms with Crippen LogP contribution in [0.1, 0.15) is 39.9 Å². The molecule has 0 bridgehead atoms. The number of carbonyl (C=O) groups is 1. The molecule has 0 aliphatic carbocycles. The minimum absolute atomic E-state index is 0.1000. The van der Waals surface area contributed by atoms with Crippen LogP contribution in [0.3, 0.4) is 0 Å². The van der Waals surface area contributed by atoms with Gasteiger partial charge in [0.15, 0.2) is 0 Å². The Kier molecular flexibility index (Phi) is 5.66. The molecule has 1 aromatic heterocycles. The fraction of sp³-hybridized carbons (Fsp3) is 0.261. The summed E-state index contributed by atoms with van der Waals surface area (Å²) in [5, 5.41) is 1.35. The number of ether oxygens (including phenoxy) is 1. The van der Waals surface area contributed by atoms with E-state index >= 15 is 0 Å². The topological polar surface area (TPSA) is 39.4 Å². The van der Waals surface area contributed by atoms with E-state index in [1.54, 1.807) is 0 Å². The third-order valence-electron chi connectivity index (χ3n) is 5.09. The summed E-state index contributed by atoms with van der Waals surface area (Å²) in [4.78, 5) is 12.3. The molecule has 4 heteroatoms. The standard InChI is InChI=1S/C23H26O3Si/c1-5-25-23(24)20-16-21(26-17(20)2)22(18-12-8-6-9-13-18)27(3,4)19-14-10-7-11-15-19/h6-16,22H,5H2,1-4H3. The van der Waals surface area contributed by atoms with Crippen LogP contribution in [0.15, 0.2) is 71.1 Å². The SMILES string of the molecule is CCOC(=O)c1cc(C(c2ccccc2)[Si](C)(C)c2ccccc2)oc1C. The fourth-order valence-corrected chi connectivity index (χ4v) is 6.94. The molecule has 0 saturated carbocycles. The molecule has 0 radical (unpaired) electrons. The van der Waals surface area contributed by atoms with Crippen molar-refractivity contribution in [2.24, 2.45) is 0 Å². The lowest BCUT2D eigenvalue weighted by Gasteiger charge is -2.32. The highest BCUT2D eigenvalue weighted by Gasteiger charge is 2.38. The van der Waals surface area contributed by atoms with E-state index in [2.05, 4.69) is 61.6 Å². The minimum Gasteiger partial charge on any atom is -0.465 e. The van der Waals surface area contributed by atoms with Crippen LogP contribution in [-0.2, 0) is 4.74 Å². The summed E-state index contributed by atoms with van der Waals surface area (Å²) in [5.74, 6) is 1.13. The Bertz CT molecular complexity index is 898. The first-order chi connectivity index (χ1) is 12.9. The first-order valence-electron chi connectivity index (χ1n) is 9.33. The molecule has 1 heterocycles. The van der Waals surface area contributed by atoms with E-state index in [-0.39, 0.29) is 11.5 Å². The number of furan rings is 1. The van der Waals surface area contributed by atoms with Crippen LogP contribution in [0.5, 0.6) is 0 Å². The lowest BCUT2D eigenvalue weighted by atomic mass is 10.1. The van der Waals surface area contributed by atoms with Crippen molar-refractivity contribution in [2.45, 2.75) is 32.5 Å². The molecule has 3 nitrogen and oxygen atoms in total. The molecule has 3 rings (SSSR count). The zero-order chi connectivity index (χ0) is 19.4. The van der Waals surface area contributed by atoms with Crippen LogP contribution < -0.4 is 5.19 Å². The predicted molar refractivity (Wildman–Crippen MR) is 111 cm³/mol. The molecular formula is C23H26O3Si. The van der Waals surface area contributed by atoms with Gasteiger partial charge in [0, 0.05) is 5.54 Å². The van der Waals surface area contributed by atoms with Crippen molar-refractivity contribution in [3.8, 4) is 0 Å². The van der Waals surface area contributed by atoms with Crippen molar-refractivity contribution in [1.29, 1.82) is 0 Å². The van der Waals surface area contributed by atoms with E-state index in [9.17, 15) is 4.79 Å². The average molecular weight is 379 g/mol. The normalized spacial score (nSPS) is 12.6. The second kappa shape index (κ2) is 7.97. The monoisotopic (exact) mass is 378 g/mol. The number of hydrogen-bond donors (Lipinski definition) is 0. The Morgan fingerprint density at radius 3 is 2.22 bits per heavy atom. The molecule has 140 valence electrons. The lowest BCUT2D eigenvalue weighted by molar-refractivity contribution is 0.0524. The zero-order valence-electron chi connectivity index (χ0n) is 16.4. The first kappa shape index (κ1) is 19.2. The maximum Gasteiger partial charge on any atom is 0.341 e. The van der Waals surface area contributed by atoms with Crippen molar-refractivity contribution in [3.05, 3.63) is 89.4 Å². The van der Waals surface area contributed by atoms with E-state index in [4.69, 9.17) is 9.15 Å². The lowest BCUT2D eigenvalue weighted by Crippen LogP contribution is -2.48. The summed E-state index contributed by atoms with van der Waals surface area (Å²) in [7, 11) is -2.00. The molecule has 27 heavy (non-hydrogen) atoms. The van der Waals surface area contributed by atoms with Gasteiger partial charge < -0.3 is 9.15 Å². The maximum atomic E-state index is 12.3. The van der Waals surface area contributed by atoms with Gasteiger partial charge in [-0.2, -0.15) is 0 Å². The number of esters is 1. The highest BCUT2D eigenvalue weighted by Crippen LogP contribution is 2.36. The van der Waals surface area contributed by atoms with Gasteiger partial charge in [-0.3, -0.25) is 0 Å². The molecule has 0 amide bonds. The summed E-state index contributed by atoms with van der Waals surface area (Å²) in [5.41, 5.74) is 1.83. The molecule has 0 aliphatic rings. The quantitative estimate of drug-likeness (QED) is 0.445. The Morgan fingerprint density at radius 2 is 1.63 bits per heavy atom. The number of benzene rings is 2. The van der Waals surface area contributed by atoms with Gasteiger partial charge in [-0.1, -0.05) is 78.9 Å². The fourth-order valence-electron chi connectivity index (χ4n) is 3.68. The predicted octanol–water partition coefficient (Wildman–Crippen LogP) is 5.05. The number of carbonyl (C=O) groups excluding carboxylic acids is 1. The summed E-state index contributed by atoms with van der Waals surface area (Å²) < 4.78 is 11.3. The van der Waals surface area contributed by atoms with Gasteiger partial charge in [-0.15, -0.1) is 0 Å². The van der Waals surface area contributed by atoms with Crippen molar-refractivity contribution in [3.63, 3.8) is 0 Å². The van der Waals surface area contributed by atoms with Gasteiger partial charge in [-0.25, -0.2) is 4.79 Å². The maximum absolute atomic E-state index is 12.3. The van der Waals surface area contributed by atoms with Gasteiger partial charge in [0.2, 0.25) is 0 Å². The molecule has 3 aromatic rings. The van der Waals surface area contributed by atoms with Gasteiger partial charge in [0.1, 0.15) is 17.1 Å². The van der Waals surface area contributed by atoms with E-state index < -0.39 is 8.07 Å². The Balaban J connectivity index is 2.12. The molecule has 0 spiro atoms. The molecule has 0 aliphatic heterocycles. The molecule has 0 N–H and O–H groups in total. The van der Waals surface area contributed by atoms with Crippen LogP contribution >= 0.6 is 0 Å². The van der Waals surface area contributed by atoms with E-state index in [1.807, 2.05) is 32.0 Å². The van der Waals surface area contributed by atoms with Gasteiger partial charge in [0.25, 0.3) is 0 Å². The second-order valence-electron chi connectivity index (χ2n) is 7.27. The number of hydrogen-bond acceptors (Lipinski definition) is 3. The smallest absolute Gasteiger partial charge is 0.341 e. The van der Waals surface area contributed by atoms with Crippen LogP contribution in [0.4, 0.5) is 0 Å². The van der Waals surface area contributed by atoms with Gasteiger partial charge >= 0.3 is 5.97 Å². The van der Waals surface area contributed by atoms with Crippen molar-refractivity contribution in [2.75, 3.05) is 6.61 Å². The minimum atomic E-state index is -2.00. The Labute approximate surface area is 162 Å². The van der Waals surface area contributed by atoms with Gasteiger partial charge in [-0.05, 0) is 25.5 Å². The Morgan fingerprint density at radius 1 is 1.04 bits per heavy atom. The zero-order valence-corrected chi connectivity index (χ0v) is 17.4. The van der Waals surface area contributed by atoms with E-state index in [0.29, 0.717) is 17.9 Å². The molecular weight excluding hydrogens is 352 g/mol. The highest BCUT2D eigenvalue weighted by atomic mass is 28.3. The van der Waals surface area contributed by atoms with E-state index in [1.165, 1.54) is 10.8 Å². The third-order valence-corrected chi connectivity index (χ3v) is 8.97.